The van der Waals surface area contributed by atoms with Crippen molar-refractivity contribution >= 4 is 56.9 Å². The first-order valence-electron chi connectivity index (χ1n) is 9.16. The summed E-state index contributed by atoms with van der Waals surface area (Å²) in [4.78, 5) is 0. The van der Waals surface area contributed by atoms with Crippen molar-refractivity contribution in [3.8, 4) is 0 Å². The SMILES string of the molecule is CC1(C)OB(c2cc3c4cc(Cl)ccc4oc3c3ccccc23)OC1(C)C. The van der Waals surface area contributed by atoms with Gasteiger partial charge in [0.15, 0.2) is 0 Å². The fourth-order valence-electron chi connectivity index (χ4n) is 3.76. The second-order valence-corrected chi connectivity index (χ2v) is 8.66. The predicted octanol–water partition coefficient (Wildman–Crippen LogP) is 5.69. The van der Waals surface area contributed by atoms with Crippen molar-refractivity contribution in [1.29, 1.82) is 0 Å². The Morgan fingerprint density at radius 3 is 2.15 bits per heavy atom. The Kier molecular flexibility index (Phi) is 3.49. The Bertz CT molecular complexity index is 1190. The van der Waals surface area contributed by atoms with Crippen LogP contribution < -0.4 is 5.46 Å². The van der Waals surface area contributed by atoms with Gasteiger partial charge < -0.3 is 13.7 Å². The van der Waals surface area contributed by atoms with Gasteiger partial charge in [-0.3, -0.25) is 0 Å². The molecule has 5 rings (SSSR count). The molecule has 0 atom stereocenters. The molecule has 1 aliphatic heterocycles. The monoisotopic (exact) mass is 378 g/mol. The van der Waals surface area contributed by atoms with Crippen LogP contribution >= 0.6 is 11.6 Å². The molecule has 1 fully saturated rings. The molecule has 0 spiro atoms. The molecule has 5 heteroatoms. The van der Waals surface area contributed by atoms with E-state index in [1.807, 2.05) is 30.3 Å². The highest BCUT2D eigenvalue weighted by Gasteiger charge is 2.52. The van der Waals surface area contributed by atoms with Gasteiger partial charge in [-0.1, -0.05) is 41.9 Å². The summed E-state index contributed by atoms with van der Waals surface area (Å²) in [5.74, 6) is 0. The Hall–Kier alpha value is -2.01. The summed E-state index contributed by atoms with van der Waals surface area (Å²) < 4.78 is 18.9. The van der Waals surface area contributed by atoms with Crippen molar-refractivity contribution in [3.63, 3.8) is 0 Å². The topological polar surface area (TPSA) is 31.6 Å². The average Bonchev–Trinajstić information content (AvgIpc) is 3.08. The summed E-state index contributed by atoms with van der Waals surface area (Å²) in [5.41, 5.74) is 1.92. The zero-order valence-electron chi connectivity index (χ0n) is 15.8. The van der Waals surface area contributed by atoms with Gasteiger partial charge in [-0.15, -0.1) is 0 Å². The van der Waals surface area contributed by atoms with Crippen LogP contribution in [0.2, 0.25) is 5.02 Å². The lowest BCUT2D eigenvalue weighted by molar-refractivity contribution is 0.00578. The van der Waals surface area contributed by atoms with E-state index in [0.717, 1.165) is 38.2 Å². The minimum atomic E-state index is -0.437. The van der Waals surface area contributed by atoms with E-state index in [0.29, 0.717) is 5.02 Å². The van der Waals surface area contributed by atoms with Crippen LogP contribution in [0.4, 0.5) is 0 Å². The molecule has 0 aliphatic carbocycles. The summed E-state index contributed by atoms with van der Waals surface area (Å²) in [6.07, 6.45) is 0. The first-order chi connectivity index (χ1) is 12.8. The van der Waals surface area contributed by atoms with Crippen LogP contribution in [0.15, 0.2) is 52.9 Å². The molecule has 0 saturated carbocycles. The third kappa shape index (κ3) is 2.44. The van der Waals surface area contributed by atoms with Gasteiger partial charge in [0.1, 0.15) is 11.2 Å². The molecule has 4 aromatic rings. The van der Waals surface area contributed by atoms with Crippen molar-refractivity contribution in [3.05, 3.63) is 53.6 Å². The number of halogens is 1. The van der Waals surface area contributed by atoms with Gasteiger partial charge in [0.05, 0.1) is 11.2 Å². The van der Waals surface area contributed by atoms with Crippen LogP contribution in [0.25, 0.3) is 32.7 Å². The van der Waals surface area contributed by atoms with Crippen molar-refractivity contribution in [1.82, 2.24) is 0 Å². The molecule has 2 heterocycles. The van der Waals surface area contributed by atoms with E-state index in [9.17, 15) is 0 Å². The smallest absolute Gasteiger partial charge is 0.455 e. The molecule has 1 aliphatic rings. The maximum Gasteiger partial charge on any atom is 0.495 e. The third-order valence-corrected chi connectivity index (χ3v) is 6.21. The summed E-state index contributed by atoms with van der Waals surface area (Å²) in [6.45, 7) is 8.28. The van der Waals surface area contributed by atoms with Gasteiger partial charge >= 0.3 is 7.12 Å². The largest absolute Gasteiger partial charge is 0.495 e. The van der Waals surface area contributed by atoms with Crippen molar-refractivity contribution in [2.45, 2.75) is 38.9 Å². The Morgan fingerprint density at radius 1 is 0.778 bits per heavy atom. The van der Waals surface area contributed by atoms with Crippen LogP contribution in [0.1, 0.15) is 27.7 Å². The second kappa shape index (κ2) is 5.51. The molecule has 0 radical (unpaired) electrons. The van der Waals surface area contributed by atoms with Gasteiger partial charge in [0, 0.05) is 21.2 Å². The molecule has 1 saturated heterocycles. The van der Waals surface area contributed by atoms with Crippen LogP contribution in [0.5, 0.6) is 0 Å². The third-order valence-electron chi connectivity index (χ3n) is 5.98. The van der Waals surface area contributed by atoms with E-state index in [1.54, 1.807) is 0 Å². The molecule has 136 valence electrons. The van der Waals surface area contributed by atoms with Gasteiger partial charge in [-0.05, 0) is 56.7 Å². The number of hydrogen-bond acceptors (Lipinski definition) is 3. The number of hydrogen-bond donors (Lipinski definition) is 0. The van der Waals surface area contributed by atoms with Crippen LogP contribution in [-0.2, 0) is 9.31 Å². The van der Waals surface area contributed by atoms with Crippen LogP contribution in [0, 0.1) is 0 Å². The maximum atomic E-state index is 6.34. The number of fused-ring (bicyclic) bond motifs is 5. The van der Waals surface area contributed by atoms with E-state index in [4.69, 9.17) is 25.3 Å². The lowest BCUT2D eigenvalue weighted by Gasteiger charge is -2.32. The maximum absolute atomic E-state index is 6.34. The van der Waals surface area contributed by atoms with Gasteiger partial charge in [-0.25, -0.2) is 0 Å². The Balaban J connectivity index is 1.84. The van der Waals surface area contributed by atoms with Gasteiger partial charge in [0.2, 0.25) is 0 Å². The molecule has 3 nitrogen and oxygen atoms in total. The summed E-state index contributed by atoms with van der Waals surface area (Å²) >= 11 is 6.24. The van der Waals surface area contributed by atoms with E-state index in [-0.39, 0.29) is 0 Å². The highest BCUT2D eigenvalue weighted by atomic mass is 35.5. The highest BCUT2D eigenvalue weighted by molar-refractivity contribution is 6.66. The fourth-order valence-corrected chi connectivity index (χ4v) is 3.94. The highest BCUT2D eigenvalue weighted by Crippen LogP contribution is 2.39. The van der Waals surface area contributed by atoms with Gasteiger partial charge in [-0.2, -0.15) is 0 Å². The Labute approximate surface area is 163 Å². The molecular formula is C22H20BClO3. The molecular weight excluding hydrogens is 359 g/mol. The first-order valence-corrected chi connectivity index (χ1v) is 9.54. The number of furan rings is 1. The van der Waals surface area contributed by atoms with Crippen LogP contribution in [0.3, 0.4) is 0 Å². The van der Waals surface area contributed by atoms with Gasteiger partial charge in [0.25, 0.3) is 0 Å². The molecule has 0 amide bonds. The summed E-state index contributed by atoms with van der Waals surface area (Å²) in [7, 11) is -0.437. The fraction of sp³-hybridized carbons (Fsp3) is 0.273. The van der Waals surface area contributed by atoms with Crippen LogP contribution in [-0.4, -0.2) is 18.3 Å². The molecule has 1 aromatic heterocycles. The van der Waals surface area contributed by atoms with Crippen molar-refractivity contribution in [2.75, 3.05) is 0 Å². The zero-order valence-corrected chi connectivity index (χ0v) is 16.6. The first kappa shape index (κ1) is 17.1. The molecule has 0 N–H and O–H groups in total. The number of rotatable bonds is 1. The lowest BCUT2D eigenvalue weighted by Crippen LogP contribution is -2.41. The molecule has 3 aromatic carbocycles. The van der Waals surface area contributed by atoms with Crippen molar-refractivity contribution in [2.24, 2.45) is 0 Å². The predicted molar refractivity (Wildman–Crippen MR) is 112 cm³/mol. The molecule has 0 unspecified atom stereocenters. The Morgan fingerprint density at radius 2 is 1.44 bits per heavy atom. The molecule has 27 heavy (non-hydrogen) atoms. The van der Waals surface area contributed by atoms with E-state index < -0.39 is 18.3 Å². The van der Waals surface area contributed by atoms with E-state index in [2.05, 4.69) is 45.9 Å². The van der Waals surface area contributed by atoms with E-state index >= 15 is 0 Å². The lowest BCUT2D eigenvalue weighted by atomic mass is 9.75. The quantitative estimate of drug-likeness (QED) is 0.399. The van der Waals surface area contributed by atoms with E-state index in [1.165, 1.54) is 0 Å². The normalized spacial score (nSPS) is 18.8. The summed E-state index contributed by atoms with van der Waals surface area (Å²) in [6, 6.07) is 16.1. The second-order valence-electron chi connectivity index (χ2n) is 8.22. The minimum absolute atomic E-state index is 0.393. The zero-order chi connectivity index (χ0) is 19.0. The summed E-state index contributed by atoms with van der Waals surface area (Å²) in [5, 5.41) is 4.84. The van der Waals surface area contributed by atoms with Crippen molar-refractivity contribution < 1.29 is 13.7 Å². The average molecular weight is 379 g/mol. The minimum Gasteiger partial charge on any atom is -0.455 e. The standard InChI is InChI=1S/C22H20BClO3/c1-21(2)22(3,4)27-23(26-21)18-12-17-16-11-13(24)9-10-19(16)25-20(17)15-8-6-5-7-14(15)18/h5-12H,1-4H3. The molecule has 0 bridgehead atoms. The number of benzene rings is 3.